The standard InChI is InChI=1S/C10H10Cl2N2O6S/c1-5(10(15)16)13(2)21(19,20)7-4-3-6(11)9(8(7)12)14(17)18/h3-5H,1-2H3,(H,15,16). The number of sulfonamides is 1. The van der Waals surface area contributed by atoms with Crippen molar-refractivity contribution in [2.75, 3.05) is 7.05 Å². The predicted octanol–water partition coefficient (Wildman–Crippen LogP) is 2.00. The van der Waals surface area contributed by atoms with Crippen molar-refractivity contribution in [2.45, 2.75) is 17.9 Å². The largest absolute Gasteiger partial charge is 0.480 e. The van der Waals surface area contributed by atoms with Crippen LogP contribution in [-0.2, 0) is 14.8 Å². The van der Waals surface area contributed by atoms with E-state index in [1.807, 2.05) is 0 Å². The zero-order valence-corrected chi connectivity index (χ0v) is 13.1. The molecule has 0 heterocycles. The number of benzene rings is 1. The molecule has 0 aliphatic carbocycles. The first-order chi connectivity index (χ1) is 9.51. The summed E-state index contributed by atoms with van der Waals surface area (Å²) in [4.78, 5) is 20.2. The minimum Gasteiger partial charge on any atom is -0.480 e. The van der Waals surface area contributed by atoms with Crippen LogP contribution < -0.4 is 0 Å². The molecule has 1 atom stereocenters. The molecular weight excluding hydrogens is 347 g/mol. The lowest BCUT2D eigenvalue weighted by Crippen LogP contribution is -2.40. The highest BCUT2D eigenvalue weighted by Crippen LogP contribution is 2.38. The van der Waals surface area contributed by atoms with E-state index < -0.39 is 42.6 Å². The van der Waals surface area contributed by atoms with Crippen molar-refractivity contribution >= 4 is 44.9 Å². The fourth-order valence-corrected chi connectivity index (χ4v) is 3.59. The average molecular weight is 357 g/mol. The SMILES string of the molecule is CC(C(=O)O)N(C)S(=O)(=O)c1ccc(Cl)c([N+](=O)[O-])c1Cl. The van der Waals surface area contributed by atoms with Gasteiger partial charge in [0.05, 0.1) is 4.92 Å². The van der Waals surface area contributed by atoms with Gasteiger partial charge >= 0.3 is 11.7 Å². The molecule has 0 fully saturated rings. The van der Waals surface area contributed by atoms with Crippen LogP contribution in [0.25, 0.3) is 0 Å². The van der Waals surface area contributed by atoms with Crippen molar-refractivity contribution in [3.63, 3.8) is 0 Å². The maximum Gasteiger partial charge on any atom is 0.321 e. The van der Waals surface area contributed by atoms with Crippen LogP contribution in [0, 0.1) is 10.1 Å². The smallest absolute Gasteiger partial charge is 0.321 e. The number of nitro groups is 1. The fourth-order valence-electron chi connectivity index (χ4n) is 1.41. The van der Waals surface area contributed by atoms with E-state index in [1.54, 1.807) is 0 Å². The van der Waals surface area contributed by atoms with E-state index >= 15 is 0 Å². The Morgan fingerprint density at radius 1 is 1.43 bits per heavy atom. The molecule has 116 valence electrons. The zero-order chi connectivity index (χ0) is 16.5. The Balaban J connectivity index is 3.50. The van der Waals surface area contributed by atoms with Crippen molar-refractivity contribution in [3.05, 3.63) is 32.3 Å². The van der Waals surface area contributed by atoms with Crippen molar-refractivity contribution in [1.82, 2.24) is 4.31 Å². The van der Waals surface area contributed by atoms with Gasteiger partial charge in [0.1, 0.15) is 21.0 Å². The number of hydrogen-bond acceptors (Lipinski definition) is 5. The molecule has 0 aliphatic heterocycles. The quantitative estimate of drug-likeness (QED) is 0.636. The molecule has 0 spiro atoms. The topological polar surface area (TPSA) is 118 Å². The summed E-state index contributed by atoms with van der Waals surface area (Å²) in [5.41, 5.74) is -0.754. The molecule has 0 aliphatic rings. The van der Waals surface area contributed by atoms with E-state index in [2.05, 4.69) is 0 Å². The normalized spacial score (nSPS) is 13.2. The lowest BCUT2D eigenvalue weighted by molar-refractivity contribution is -0.384. The van der Waals surface area contributed by atoms with E-state index in [1.165, 1.54) is 0 Å². The highest BCUT2D eigenvalue weighted by molar-refractivity contribution is 7.89. The van der Waals surface area contributed by atoms with Gasteiger partial charge in [-0.1, -0.05) is 23.2 Å². The summed E-state index contributed by atoms with van der Waals surface area (Å²) in [6, 6.07) is 0.622. The van der Waals surface area contributed by atoms with Crippen LogP contribution in [0.1, 0.15) is 6.92 Å². The van der Waals surface area contributed by atoms with Gasteiger partial charge in [-0.2, -0.15) is 4.31 Å². The van der Waals surface area contributed by atoms with E-state index in [0.717, 1.165) is 26.1 Å². The first kappa shape index (κ1) is 17.6. The lowest BCUT2D eigenvalue weighted by Gasteiger charge is -2.21. The summed E-state index contributed by atoms with van der Waals surface area (Å²) >= 11 is 11.4. The lowest BCUT2D eigenvalue weighted by atomic mass is 10.3. The Morgan fingerprint density at radius 2 is 1.95 bits per heavy atom. The summed E-state index contributed by atoms with van der Waals surface area (Å²) < 4.78 is 25.1. The predicted molar refractivity (Wildman–Crippen MR) is 75.2 cm³/mol. The number of carbonyl (C=O) groups is 1. The van der Waals surface area contributed by atoms with Crippen LogP contribution in [0.2, 0.25) is 10.0 Å². The number of hydrogen-bond donors (Lipinski definition) is 1. The second-order valence-electron chi connectivity index (χ2n) is 4.00. The van der Waals surface area contributed by atoms with Gasteiger partial charge in [-0.3, -0.25) is 14.9 Å². The van der Waals surface area contributed by atoms with Gasteiger partial charge in [0, 0.05) is 7.05 Å². The van der Waals surface area contributed by atoms with Crippen LogP contribution in [0.3, 0.4) is 0 Å². The van der Waals surface area contributed by atoms with Gasteiger partial charge in [-0.25, -0.2) is 8.42 Å². The number of likely N-dealkylation sites (N-methyl/N-ethyl adjacent to an activating group) is 1. The highest BCUT2D eigenvalue weighted by Gasteiger charge is 2.34. The maximum atomic E-state index is 12.3. The Bertz CT molecular complexity index is 706. The first-order valence-corrected chi connectivity index (χ1v) is 7.54. The van der Waals surface area contributed by atoms with Crippen molar-refractivity contribution in [2.24, 2.45) is 0 Å². The minimum absolute atomic E-state index is 0.321. The van der Waals surface area contributed by atoms with Crippen LogP contribution in [0.4, 0.5) is 5.69 Å². The molecule has 1 aromatic rings. The van der Waals surface area contributed by atoms with E-state index in [0.29, 0.717) is 4.31 Å². The number of aliphatic carboxylic acids is 1. The van der Waals surface area contributed by atoms with Gasteiger partial charge < -0.3 is 5.11 Å². The summed E-state index contributed by atoms with van der Waals surface area (Å²) in [6.45, 7) is 1.15. The number of carboxylic acids is 1. The summed E-state index contributed by atoms with van der Waals surface area (Å²) in [5.74, 6) is -1.37. The molecule has 1 rings (SSSR count). The monoisotopic (exact) mass is 356 g/mol. The number of nitrogens with zero attached hydrogens (tertiary/aromatic N) is 2. The molecule has 21 heavy (non-hydrogen) atoms. The molecule has 1 aromatic carbocycles. The number of rotatable bonds is 5. The Hall–Kier alpha value is -1.42. The maximum absolute atomic E-state index is 12.3. The van der Waals surface area contributed by atoms with Gasteiger partial charge in [0.25, 0.3) is 0 Å². The van der Waals surface area contributed by atoms with Crippen LogP contribution in [0.15, 0.2) is 17.0 Å². The van der Waals surface area contributed by atoms with Crippen molar-refractivity contribution in [1.29, 1.82) is 0 Å². The molecular formula is C10H10Cl2N2O6S. The summed E-state index contributed by atoms with van der Waals surface area (Å²) in [5, 5.41) is 18.7. The third kappa shape index (κ3) is 3.26. The van der Waals surface area contributed by atoms with Crippen LogP contribution >= 0.6 is 23.2 Å². The number of nitro benzene ring substituents is 1. The van der Waals surface area contributed by atoms with Crippen LogP contribution in [-0.4, -0.2) is 41.8 Å². The molecule has 0 saturated carbocycles. The summed E-state index contributed by atoms with van der Waals surface area (Å²) in [6.07, 6.45) is 0. The Labute approximate surface area is 130 Å². The zero-order valence-electron chi connectivity index (χ0n) is 10.8. The van der Waals surface area contributed by atoms with Gasteiger partial charge in [-0.05, 0) is 19.1 Å². The van der Waals surface area contributed by atoms with E-state index in [9.17, 15) is 23.3 Å². The van der Waals surface area contributed by atoms with E-state index in [4.69, 9.17) is 28.3 Å². The van der Waals surface area contributed by atoms with Crippen molar-refractivity contribution < 1.29 is 23.2 Å². The molecule has 0 saturated heterocycles. The Kier molecular flexibility index (Phi) is 5.16. The highest BCUT2D eigenvalue weighted by atomic mass is 35.5. The molecule has 8 nitrogen and oxygen atoms in total. The number of halogens is 2. The first-order valence-electron chi connectivity index (χ1n) is 5.35. The molecule has 0 radical (unpaired) electrons. The Morgan fingerprint density at radius 3 is 2.38 bits per heavy atom. The molecule has 0 aromatic heterocycles. The minimum atomic E-state index is -4.33. The molecule has 0 bridgehead atoms. The fraction of sp³-hybridized carbons (Fsp3) is 0.300. The number of carboxylic acid groups (broad SMARTS) is 1. The third-order valence-electron chi connectivity index (χ3n) is 2.77. The van der Waals surface area contributed by atoms with Gasteiger partial charge in [0.2, 0.25) is 10.0 Å². The van der Waals surface area contributed by atoms with Crippen LogP contribution in [0.5, 0.6) is 0 Å². The molecule has 11 heteroatoms. The second kappa shape index (κ2) is 6.14. The van der Waals surface area contributed by atoms with Gasteiger partial charge in [-0.15, -0.1) is 0 Å². The molecule has 1 unspecified atom stereocenters. The third-order valence-corrected chi connectivity index (χ3v) is 5.54. The van der Waals surface area contributed by atoms with E-state index in [-0.39, 0.29) is 5.02 Å². The molecule has 0 amide bonds. The second-order valence-corrected chi connectivity index (χ2v) is 6.75. The van der Waals surface area contributed by atoms with Crippen molar-refractivity contribution in [3.8, 4) is 0 Å². The van der Waals surface area contributed by atoms with Gasteiger partial charge in [0.15, 0.2) is 0 Å². The molecule has 1 N–H and O–H groups in total. The average Bonchev–Trinajstić information content (AvgIpc) is 2.35. The summed E-state index contributed by atoms with van der Waals surface area (Å²) in [7, 11) is -3.30.